The number of anilines is 1. The Labute approximate surface area is 124 Å². The monoisotopic (exact) mass is 292 g/mol. The molecule has 1 aliphatic rings. The Morgan fingerprint density at radius 2 is 2.25 bits per heavy atom. The summed E-state index contributed by atoms with van der Waals surface area (Å²) in [6, 6.07) is 2.52. The van der Waals surface area contributed by atoms with Gasteiger partial charge in [0, 0.05) is 30.9 Å². The van der Waals surface area contributed by atoms with Crippen molar-refractivity contribution in [3.8, 4) is 0 Å². The Kier molecular flexibility index (Phi) is 3.59. The third kappa shape index (κ3) is 2.16. The molecule has 1 fully saturated rings. The molecule has 2 atom stereocenters. The highest BCUT2D eigenvalue weighted by Gasteiger charge is 2.32. The van der Waals surface area contributed by atoms with E-state index in [2.05, 4.69) is 41.8 Å². The fraction of sp³-hybridized carbons (Fsp3) is 0.600. The van der Waals surface area contributed by atoms with Crippen LogP contribution in [0.1, 0.15) is 38.8 Å². The van der Waals surface area contributed by atoms with Gasteiger partial charge in [-0.05, 0) is 24.3 Å². The highest BCUT2D eigenvalue weighted by molar-refractivity contribution is 6.18. The highest BCUT2D eigenvalue weighted by Crippen LogP contribution is 2.32. The molecule has 0 bridgehead atoms. The van der Waals surface area contributed by atoms with Gasteiger partial charge in [-0.2, -0.15) is 5.10 Å². The average Bonchev–Trinajstić information content (AvgIpc) is 3.01. The van der Waals surface area contributed by atoms with E-state index in [4.69, 9.17) is 11.6 Å². The third-order valence-corrected chi connectivity index (χ3v) is 4.61. The average molecular weight is 293 g/mol. The van der Waals surface area contributed by atoms with Crippen LogP contribution in [-0.2, 0) is 0 Å². The molecular formula is C15H21ClN4. The summed E-state index contributed by atoms with van der Waals surface area (Å²) in [6.45, 7) is 7.61. The molecular weight excluding hydrogens is 272 g/mol. The van der Waals surface area contributed by atoms with Crippen molar-refractivity contribution in [3.63, 3.8) is 0 Å². The van der Waals surface area contributed by atoms with Crippen LogP contribution in [0.15, 0.2) is 18.5 Å². The standard InChI is InChI=1S/C15H21ClN4/c1-10(2)12-8-13-15(17-5-7-20(13)18-12)19-6-4-11(3)14(19)9-16/h5,7-8,10-11,14H,4,6,9H2,1-3H3. The van der Waals surface area contributed by atoms with Crippen molar-refractivity contribution in [1.29, 1.82) is 0 Å². The third-order valence-electron chi connectivity index (χ3n) is 4.29. The van der Waals surface area contributed by atoms with Gasteiger partial charge in [-0.3, -0.25) is 0 Å². The second-order valence-electron chi connectivity index (χ2n) is 5.99. The first kappa shape index (κ1) is 13.7. The summed E-state index contributed by atoms with van der Waals surface area (Å²) < 4.78 is 1.94. The highest BCUT2D eigenvalue weighted by atomic mass is 35.5. The largest absolute Gasteiger partial charge is 0.350 e. The Balaban J connectivity index is 2.07. The summed E-state index contributed by atoms with van der Waals surface area (Å²) in [7, 11) is 0. The molecule has 4 nitrogen and oxygen atoms in total. The fourth-order valence-corrected chi connectivity index (χ4v) is 3.41. The number of fused-ring (bicyclic) bond motifs is 1. The lowest BCUT2D eigenvalue weighted by atomic mass is 10.1. The maximum Gasteiger partial charge on any atom is 0.154 e. The molecule has 5 heteroatoms. The van der Waals surface area contributed by atoms with E-state index in [0.717, 1.165) is 23.6 Å². The van der Waals surface area contributed by atoms with E-state index in [9.17, 15) is 0 Å². The van der Waals surface area contributed by atoms with Crippen molar-refractivity contribution in [1.82, 2.24) is 14.6 Å². The van der Waals surface area contributed by atoms with Crippen LogP contribution in [0.2, 0.25) is 0 Å². The van der Waals surface area contributed by atoms with E-state index in [0.29, 0.717) is 23.8 Å². The van der Waals surface area contributed by atoms with Gasteiger partial charge in [0.25, 0.3) is 0 Å². The Morgan fingerprint density at radius 1 is 1.45 bits per heavy atom. The van der Waals surface area contributed by atoms with Gasteiger partial charge in [-0.25, -0.2) is 9.50 Å². The van der Waals surface area contributed by atoms with Gasteiger partial charge in [-0.15, -0.1) is 11.6 Å². The lowest BCUT2D eigenvalue weighted by Gasteiger charge is -2.26. The molecule has 0 aliphatic carbocycles. The normalized spacial score (nSPS) is 23.1. The van der Waals surface area contributed by atoms with Crippen molar-refractivity contribution in [2.24, 2.45) is 5.92 Å². The molecule has 0 saturated carbocycles. The molecule has 0 spiro atoms. The van der Waals surface area contributed by atoms with E-state index in [1.165, 1.54) is 6.42 Å². The van der Waals surface area contributed by atoms with Crippen molar-refractivity contribution >= 4 is 22.9 Å². The number of alkyl halides is 1. The molecule has 0 aromatic carbocycles. The van der Waals surface area contributed by atoms with Crippen molar-refractivity contribution < 1.29 is 0 Å². The zero-order valence-electron chi connectivity index (χ0n) is 12.3. The maximum absolute atomic E-state index is 6.16. The zero-order valence-corrected chi connectivity index (χ0v) is 13.0. The van der Waals surface area contributed by atoms with Crippen LogP contribution in [0.3, 0.4) is 0 Å². The SMILES string of the molecule is CC(C)c1cc2c(N3CCC(C)C3CCl)nccn2n1. The lowest BCUT2D eigenvalue weighted by molar-refractivity contribution is 0.549. The maximum atomic E-state index is 6.16. The minimum Gasteiger partial charge on any atom is -0.350 e. The first-order chi connectivity index (χ1) is 9.61. The summed E-state index contributed by atoms with van der Waals surface area (Å²) in [5.74, 6) is 2.70. The summed E-state index contributed by atoms with van der Waals surface area (Å²) in [5, 5.41) is 4.63. The van der Waals surface area contributed by atoms with Gasteiger partial charge in [0.2, 0.25) is 0 Å². The molecule has 3 rings (SSSR count). The molecule has 108 valence electrons. The van der Waals surface area contributed by atoms with Crippen molar-refractivity contribution in [2.45, 2.75) is 39.2 Å². The molecule has 0 amide bonds. The van der Waals surface area contributed by atoms with Crippen LogP contribution in [0.4, 0.5) is 5.82 Å². The first-order valence-electron chi connectivity index (χ1n) is 7.28. The molecule has 1 aliphatic heterocycles. The van der Waals surface area contributed by atoms with Crippen LogP contribution in [0, 0.1) is 5.92 Å². The predicted octanol–water partition coefficient (Wildman–Crippen LogP) is 3.31. The zero-order chi connectivity index (χ0) is 14.3. The Morgan fingerprint density at radius 3 is 2.95 bits per heavy atom. The lowest BCUT2D eigenvalue weighted by Crippen LogP contribution is -2.34. The molecule has 20 heavy (non-hydrogen) atoms. The molecule has 2 unspecified atom stereocenters. The fourth-order valence-electron chi connectivity index (χ4n) is 2.94. The number of hydrogen-bond donors (Lipinski definition) is 0. The van der Waals surface area contributed by atoms with Crippen LogP contribution < -0.4 is 4.90 Å². The second-order valence-corrected chi connectivity index (χ2v) is 6.29. The number of nitrogens with zero attached hydrogens (tertiary/aromatic N) is 4. The van der Waals surface area contributed by atoms with E-state index in [-0.39, 0.29) is 0 Å². The minimum atomic E-state index is 0.368. The molecule has 0 N–H and O–H groups in total. The smallest absolute Gasteiger partial charge is 0.154 e. The molecule has 2 aromatic rings. The van der Waals surface area contributed by atoms with Gasteiger partial charge in [0.05, 0.1) is 5.69 Å². The Bertz CT molecular complexity index is 607. The second kappa shape index (κ2) is 5.24. The van der Waals surface area contributed by atoms with Gasteiger partial charge in [-0.1, -0.05) is 20.8 Å². The summed E-state index contributed by atoms with van der Waals surface area (Å²) >= 11 is 6.16. The minimum absolute atomic E-state index is 0.368. The van der Waals surface area contributed by atoms with Gasteiger partial charge < -0.3 is 4.90 Å². The number of hydrogen-bond acceptors (Lipinski definition) is 3. The van der Waals surface area contributed by atoms with E-state index in [1.54, 1.807) is 0 Å². The van der Waals surface area contributed by atoms with Crippen molar-refractivity contribution in [2.75, 3.05) is 17.3 Å². The first-order valence-corrected chi connectivity index (χ1v) is 7.82. The summed E-state index contributed by atoms with van der Waals surface area (Å²) in [4.78, 5) is 6.95. The van der Waals surface area contributed by atoms with Crippen LogP contribution in [-0.4, -0.2) is 33.1 Å². The quantitative estimate of drug-likeness (QED) is 0.814. The van der Waals surface area contributed by atoms with Gasteiger partial charge in [0.15, 0.2) is 5.82 Å². The molecule has 2 aromatic heterocycles. The number of aromatic nitrogens is 3. The molecule has 3 heterocycles. The number of rotatable bonds is 3. The summed E-state index contributed by atoms with van der Waals surface area (Å²) in [5.41, 5.74) is 2.19. The van der Waals surface area contributed by atoms with Gasteiger partial charge >= 0.3 is 0 Å². The molecule has 0 radical (unpaired) electrons. The topological polar surface area (TPSA) is 33.4 Å². The van der Waals surface area contributed by atoms with Gasteiger partial charge in [0.1, 0.15) is 5.52 Å². The molecule has 1 saturated heterocycles. The van der Waals surface area contributed by atoms with E-state index < -0.39 is 0 Å². The van der Waals surface area contributed by atoms with Crippen molar-refractivity contribution in [3.05, 3.63) is 24.2 Å². The Hall–Kier alpha value is -1.29. The predicted molar refractivity (Wildman–Crippen MR) is 82.7 cm³/mol. The van der Waals surface area contributed by atoms with Crippen LogP contribution in [0.25, 0.3) is 5.52 Å². The number of halogens is 1. The summed E-state index contributed by atoms with van der Waals surface area (Å²) in [6.07, 6.45) is 4.92. The van der Waals surface area contributed by atoms with Crippen LogP contribution >= 0.6 is 11.6 Å². The van der Waals surface area contributed by atoms with E-state index >= 15 is 0 Å². The van der Waals surface area contributed by atoms with Crippen LogP contribution in [0.5, 0.6) is 0 Å². The van der Waals surface area contributed by atoms with E-state index in [1.807, 2.05) is 16.9 Å².